The zero-order valence-corrected chi connectivity index (χ0v) is 7.99. The minimum Gasteiger partial charge on any atom is -0.494 e. The minimum atomic E-state index is -0.930. The van der Waals surface area contributed by atoms with Crippen molar-refractivity contribution in [2.75, 3.05) is 0 Å². The Morgan fingerprint density at radius 2 is 1.64 bits per heavy atom. The molecule has 2 aromatic heterocycles. The van der Waals surface area contributed by atoms with Crippen LogP contribution in [-0.4, -0.2) is 20.2 Å². The lowest BCUT2D eigenvalue weighted by Crippen LogP contribution is -1.85. The van der Waals surface area contributed by atoms with Gasteiger partial charge in [-0.2, -0.15) is 0 Å². The van der Waals surface area contributed by atoms with Gasteiger partial charge >= 0.3 is 0 Å². The molecule has 0 atom stereocenters. The van der Waals surface area contributed by atoms with Gasteiger partial charge in [0.25, 0.3) is 0 Å². The van der Waals surface area contributed by atoms with Crippen molar-refractivity contribution in [1.29, 1.82) is 0 Å². The topological polar surface area (TPSA) is 69.1 Å². The molecule has 14 heavy (non-hydrogen) atoms. The summed E-state index contributed by atoms with van der Waals surface area (Å²) < 4.78 is 13.3. The highest BCUT2D eigenvalue weighted by Crippen LogP contribution is 2.39. The molecular weight excluding hydrogens is 234 g/mol. The van der Waals surface area contributed by atoms with Gasteiger partial charge in [-0.25, -0.2) is 9.37 Å². The van der Waals surface area contributed by atoms with Gasteiger partial charge in [0.2, 0.25) is 11.8 Å². The number of rotatable bonds is 0. The first kappa shape index (κ1) is 9.36. The second kappa shape index (κ2) is 2.90. The monoisotopic (exact) mass is 236 g/mol. The maximum Gasteiger partial charge on any atom is 0.202 e. The molecule has 0 aliphatic carbocycles. The summed E-state index contributed by atoms with van der Waals surface area (Å²) in [4.78, 5) is 5.55. The lowest BCUT2D eigenvalue weighted by molar-refractivity contribution is 0.428. The van der Waals surface area contributed by atoms with E-state index in [2.05, 4.69) is 9.97 Å². The smallest absolute Gasteiger partial charge is 0.202 e. The van der Waals surface area contributed by atoms with Gasteiger partial charge in [0.15, 0.2) is 11.0 Å². The molecule has 74 valence electrons. The van der Waals surface area contributed by atoms with E-state index >= 15 is 0 Å². The number of aromatic nitrogens is 2. The van der Waals surface area contributed by atoms with E-state index in [1.54, 1.807) is 0 Å². The Bertz CT molecular complexity index is 526. The van der Waals surface area contributed by atoms with Gasteiger partial charge in [-0.1, -0.05) is 23.2 Å². The average molecular weight is 237 g/mol. The second-order valence-corrected chi connectivity index (χ2v) is 3.30. The minimum absolute atomic E-state index is 0.0916. The molecule has 0 spiro atoms. The number of pyridine rings is 1. The number of hydrogen-bond acceptors (Lipinski definition) is 3. The first-order valence-electron chi connectivity index (χ1n) is 3.46. The molecule has 0 aromatic carbocycles. The van der Waals surface area contributed by atoms with Gasteiger partial charge in [0.1, 0.15) is 5.15 Å². The summed E-state index contributed by atoms with van der Waals surface area (Å²) in [6.07, 6.45) is 0. The second-order valence-electron chi connectivity index (χ2n) is 2.58. The third-order valence-corrected chi connectivity index (χ3v) is 2.29. The molecule has 2 aromatic rings. The molecule has 2 rings (SSSR count). The first-order valence-corrected chi connectivity index (χ1v) is 4.22. The van der Waals surface area contributed by atoms with Crippen molar-refractivity contribution < 1.29 is 14.6 Å². The maximum atomic E-state index is 13.3. The van der Waals surface area contributed by atoms with E-state index in [0.29, 0.717) is 0 Å². The van der Waals surface area contributed by atoms with Crippen LogP contribution in [-0.2, 0) is 0 Å². The van der Waals surface area contributed by atoms with Crippen molar-refractivity contribution in [3.05, 3.63) is 16.1 Å². The summed E-state index contributed by atoms with van der Waals surface area (Å²) in [6, 6.07) is 0. The van der Waals surface area contributed by atoms with Gasteiger partial charge in [0, 0.05) is 0 Å². The summed E-state index contributed by atoms with van der Waals surface area (Å²) in [5, 5.41) is 17.5. The fourth-order valence-corrected chi connectivity index (χ4v) is 1.67. The molecular formula is C7H3Cl2FN2O2. The van der Waals surface area contributed by atoms with Gasteiger partial charge in [0.05, 0.1) is 10.8 Å². The van der Waals surface area contributed by atoms with Crippen LogP contribution in [0.1, 0.15) is 0 Å². The highest BCUT2D eigenvalue weighted by atomic mass is 35.5. The zero-order valence-electron chi connectivity index (χ0n) is 6.48. The Morgan fingerprint density at radius 1 is 1.07 bits per heavy atom. The van der Waals surface area contributed by atoms with Crippen LogP contribution in [0.4, 0.5) is 4.39 Å². The van der Waals surface area contributed by atoms with Gasteiger partial charge in [-0.15, -0.1) is 0 Å². The van der Waals surface area contributed by atoms with E-state index in [9.17, 15) is 14.6 Å². The molecule has 0 amide bonds. The van der Waals surface area contributed by atoms with Gasteiger partial charge in [-0.3, -0.25) is 4.98 Å². The molecule has 4 nitrogen and oxygen atoms in total. The van der Waals surface area contributed by atoms with Crippen LogP contribution in [0.3, 0.4) is 0 Å². The molecule has 0 saturated heterocycles. The quantitative estimate of drug-likeness (QED) is 0.616. The van der Waals surface area contributed by atoms with E-state index in [0.717, 1.165) is 0 Å². The highest BCUT2D eigenvalue weighted by molar-refractivity contribution is 6.37. The normalized spacial score (nSPS) is 11.1. The van der Waals surface area contributed by atoms with Gasteiger partial charge < -0.3 is 10.2 Å². The third-order valence-electron chi connectivity index (χ3n) is 1.76. The predicted molar refractivity (Wildman–Crippen MR) is 49.4 cm³/mol. The van der Waals surface area contributed by atoms with E-state index in [-0.39, 0.29) is 15.9 Å². The number of halogens is 3. The molecule has 0 radical (unpaired) electrons. The SMILES string of the molecule is Oc1[nH]c(O)c2c(F)c(Cl)nc(Cl)c12. The number of hydrogen-bond donors (Lipinski definition) is 3. The summed E-state index contributed by atoms with van der Waals surface area (Å²) in [6.45, 7) is 0. The fourth-order valence-electron chi connectivity index (χ4n) is 1.18. The van der Waals surface area contributed by atoms with E-state index < -0.39 is 22.7 Å². The van der Waals surface area contributed by atoms with E-state index in [1.165, 1.54) is 0 Å². The average Bonchev–Trinajstić information content (AvgIpc) is 2.38. The summed E-state index contributed by atoms with van der Waals surface area (Å²) >= 11 is 11.0. The van der Waals surface area contributed by atoms with Crippen LogP contribution < -0.4 is 0 Å². The Morgan fingerprint density at radius 3 is 2.29 bits per heavy atom. The lowest BCUT2D eigenvalue weighted by Gasteiger charge is -1.98. The summed E-state index contributed by atoms with van der Waals surface area (Å²) in [5.74, 6) is -1.92. The zero-order chi connectivity index (χ0) is 10.5. The van der Waals surface area contributed by atoms with Crippen LogP contribution in [0, 0.1) is 5.82 Å². The van der Waals surface area contributed by atoms with Crippen LogP contribution in [0.15, 0.2) is 0 Å². The fraction of sp³-hybridized carbons (Fsp3) is 0. The molecule has 0 fully saturated rings. The highest BCUT2D eigenvalue weighted by Gasteiger charge is 2.20. The Hall–Kier alpha value is -1.20. The third kappa shape index (κ3) is 1.09. The molecule has 2 heterocycles. The number of aromatic amines is 1. The lowest BCUT2D eigenvalue weighted by atomic mass is 10.2. The largest absolute Gasteiger partial charge is 0.494 e. The molecule has 0 aliphatic heterocycles. The maximum absolute atomic E-state index is 13.3. The van der Waals surface area contributed by atoms with Crippen molar-refractivity contribution >= 4 is 34.0 Å². The molecule has 7 heteroatoms. The number of nitrogens with zero attached hydrogens (tertiary/aromatic N) is 1. The Labute approximate surface area is 86.9 Å². The van der Waals surface area contributed by atoms with Crippen molar-refractivity contribution in [2.24, 2.45) is 0 Å². The van der Waals surface area contributed by atoms with Crippen LogP contribution in [0.5, 0.6) is 11.8 Å². The Balaban J connectivity index is 3.05. The summed E-state index contributed by atoms with van der Waals surface area (Å²) in [5.41, 5.74) is 0. The molecule has 0 unspecified atom stereocenters. The van der Waals surface area contributed by atoms with Crippen LogP contribution >= 0.6 is 23.2 Å². The van der Waals surface area contributed by atoms with E-state index in [1.807, 2.05) is 0 Å². The molecule has 0 saturated carbocycles. The van der Waals surface area contributed by atoms with Crippen molar-refractivity contribution in [3.63, 3.8) is 0 Å². The standard InChI is InChI=1S/C7H3Cl2FN2O2/c8-4-2-1(3(10)5(9)11-4)6(13)12-7(2)14/h12-14H. The van der Waals surface area contributed by atoms with Crippen molar-refractivity contribution in [1.82, 2.24) is 9.97 Å². The first-order chi connectivity index (χ1) is 6.52. The molecule has 3 N–H and O–H groups in total. The molecule has 0 bridgehead atoms. The van der Waals surface area contributed by atoms with E-state index in [4.69, 9.17) is 23.2 Å². The molecule has 0 aliphatic rings. The summed E-state index contributed by atoms with van der Waals surface area (Å²) in [7, 11) is 0. The van der Waals surface area contributed by atoms with Crippen LogP contribution in [0.2, 0.25) is 10.3 Å². The van der Waals surface area contributed by atoms with Crippen molar-refractivity contribution in [3.8, 4) is 11.8 Å². The number of H-pyrrole nitrogens is 1. The number of fused-ring (bicyclic) bond motifs is 1. The van der Waals surface area contributed by atoms with Gasteiger partial charge in [-0.05, 0) is 0 Å². The van der Waals surface area contributed by atoms with Crippen LogP contribution in [0.25, 0.3) is 10.8 Å². The number of nitrogens with one attached hydrogen (secondary N) is 1. The predicted octanol–water partition coefficient (Wildman–Crippen LogP) is 2.42. The Kier molecular flexibility index (Phi) is 1.94. The number of aromatic hydroxyl groups is 2. The van der Waals surface area contributed by atoms with Crippen molar-refractivity contribution in [2.45, 2.75) is 0 Å².